The van der Waals surface area contributed by atoms with Crippen molar-refractivity contribution in [1.82, 2.24) is 5.32 Å². The molecule has 0 aromatic heterocycles. The monoisotopic (exact) mass is 337 g/mol. The van der Waals surface area contributed by atoms with Crippen molar-refractivity contribution < 1.29 is 14.3 Å². The molecular formula is C18H24ClNO3. The molecule has 4 nitrogen and oxygen atoms in total. The number of benzene rings is 1. The number of carbonyl (C=O) groups is 2. The minimum Gasteiger partial charge on any atom is -0.457 e. The average molecular weight is 338 g/mol. The van der Waals surface area contributed by atoms with Gasteiger partial charge in [0.05, 0.1) is 10.9 Å². The Morgan fingerprint density at radius 2 is 1.83 bits per heavy atom. The molecule has 23 heavy (non-hydrogen) atoms. The third-order valence-electron chi connectivity index (χ3n) is 4.01. The van der Waals surface area contributed by atoms with Crippen LogP contribution in [0.3, 0.4) is 0 Å². The van der Waals surface area contributed by atoms with Gasteiger partial charge in [-0.1, -0.05) is 39.0 Å². The zero-order chi connectivity index (χ0) is 17.0. The third-order valence-corrected chi connectivity index (χ3v) is 4.59. The quantitative estimate of drug-likeness (QED) is 0.678. The summed E-state index contributed by atoms with van der Waals surface area (Å²) in [6.07, 6.45) is 2.00. The zero-order valence-electron chi connectivity index (χ0n) is 13.8. The Morgan fingerprint density at radius 1 is 1.17 bits per heavy atom. The molecule has 0 radical (unpaired) electrons. The molecule has 1 aromatic carbocycles. The minimum atomic E-state index is -0.468. The van der Waals surface area contributed by atoms with Crippen LogP contribution in [0.25, 0.3) is 0 Å². The van der Waals surface area contributed by atoms with Gasteiger partial charge in [0.25, 0.3) is 0 Å². The van der Waals surface area contributed by atoms with Crippen LogP contribution < -0.4 is 5.32 Å². The Bertz CT molecular complexity index is 553. The van der Waals surface area contributed by atoms with Crippen LogP contribution in [0.1, 0.15) is 50.4 Å². The number of alkyl halides is 1. The van der Waals surface area contributed by atoms with Crippen LogP contribution in [0.5, 0.6) is 0 Å². The first kappa shape index (κ1) is 17.8. The Hall–Kier alpha value is -1.55. The molecule has 1 fully saturated rings. The first-order valence-corrected chi connectivity index (χ1v) is 8.44. The van der Waals surface area contributed by atoms with Gasteiger partial charge in [-0.25, -0.2) is 4.79 Å². The zero-order valence-corrected chi connectivity index (χ0v) is 14.6. The molecule has 1 amide bonds. The fourth-order valence-electron chi connectivity index (χ4n) is 2.56. The lowest BCUT2D eigenvalue weighted by Crippen LogP contribution is -2.52. The molecular weight excluding hydrogens is 314 g/mol. The van der Waals surface area contributed by atoms with E-state index in [1.807, 2.05) is 26.8 Å². The highest BCUT2D eigenvalue weighted by Gasteiger charge is 2.37. The molecule has 0 aliphatic heterocycles. The maximum atomic E-state index is 12.2. The smallest absolute Gasteiger partial charge is 0.338 e. The number of halogens is 1. The van der Waals surface area contributed by atoms with E-state index in [4.69, 9.17) is 16.3 Å². The molecule has 0 unspecified atom stereocenters. The molecule has 1 aliphatic rings. The number of esters is 1. The van der Waals surface area contributed by atoms with E-state index in [1.165, 1.54) is 0 Å². The number of amides is 1. The van der Waals surface area contributed by atoms with E-state index in [1.54, 1.807) is 24.3 Å². The number of ether oxygens (including phenoxy) is 1. The van der Waals surface area contributed by atoms with Crippen molar-refractivity contribution in [3.8, 4) is 0 Å². The SMILES string of the molecule is CC(C)(C)C(=O)N[C@@H]1CCC[C@@H](OC(=O)c2ccccc2)[C@H]1Cl. The number of nitrogens with one attached hydrogen (secondary N) is 1. The summed E-state index contributed by atoms with van der Waals surface area (Å²) in [5.41, 5.74) is 0.0433. The van der Waals surface area contributed by atoms with Gasteiger partial charge >= 0.3 is 5.97 Å². The van der Waals surface area contributed by atoms with Crippen LogP contribution in [0.4, 0.5) is 0 Å². The van der Waals surface area contributed by atoms with E-state index in [9.17, 15) is 9.59 Å². The van der Waals surface area contributed by atoms with Crippen molar-refractivity contribution >= 4 is 23.5 Å². The second-order valence-corrected chi connectivity index (χ2v) is 7.52. The number of carbonyl (C=O) groups excluding carboxylic acids is 2. The molecule has 1 aliphatic carbocycles. The lowest BCUT2D eigenvalue weighted by Gasteiger charge is -2.35. The Morgan fingerprint density at radius 3 is 2.43 bits per heavy atom. The summed E-state index contributed by atoms with van der Waals surface area (Å²) >= 11 is 6.48. The molecule has 2 rings (SSSR count). The van der Waals surface area contributed by atoms with Gasteiger partial charge in [0.15, 0.2) is 0 Å². The van der Waals surface area contributed by atoms with Crippen molar-refractivity contribution in [3.63, 3.8) is 0 Å². The third kappa shape index (κ3) is 4.71. The average Bonchev–Trinajstić information content (AvgIpc) is 2.51. The maximum absolute atomic E-state index is 12.2. The standard InChI is InChI=1S/C18H24ClNO3/c1-18(2,3)17(22)20-13-10-7-11-14(15(13)19)23-16(21)12-8-5-4-6-9-12/h4-6,8-9,13-15H,7,10-11H2,1-3H3,(H,20,22)/t13-,14-,15+/m1/s1. The molecule has 0 spiro atoms. The minimum absolute atomic E-state index is 0.0387. The summed E-state index contributed by atoms with van der Waals surface area (Å²) in [5.74, 6) is -0.410. The number of hydrogen-bond acceptors (Lipinski definition) is 3. The highest BCUT2D eigenvalue weighted by Crippen LogP contribution is 2.28. The second-order valence-electron chi connectivity index (χ2n) is 7.02. The van der Waals surface area contributed by atoms with Gasteiger partial charge in [-0.2, -0.15) is 0 Å². The van der Waals surface area contributed by atoms with Crippen molar-refractivity contribution in [3.05, 3.63) is 35.9 Å². The molecule has 0 bridgehead atoms. The van der Waals surface area contributed by atoms with E-state index in [-0.39, 0.29) is 24.0 Å². The van der Waals surface area contributed by atoms with Crippen molar-refractivity contribution in [2.24, 2.45) is 5.41 Å². The van der Waals surface area contributed by atoms with Gasteiger partial charge in [0, 0.05) is 11.5 Å². The van der Waals surface area contributed by atoms with Crippen molar-refractivity contribution in [2.75, 3.05) is 0 Å². The predicted octanol–water partition coefficient (Wildman–Crippen LogP) is 3.53. The first-order valence-electron chi connectivity index (χ1n) is 8.00. The fourth-order valence-corrected chi connectivity index (χ4v) is 2.92. The molecule has 1 N–H and O–H groups in total. The lowest BCUT2D eigenvalue weighted by molar-refractivity contribution is -0.129. The summed E-state index contributed by atoms with van der Waals surface area (Å²) in [4.78, 5) is 24.3. The Balaban J connectivity index is 1.98. The molecule has 5 heteroatoms. The van der Waals surface area contributed by atoms with Crippen molar-refractivity contribution in [1.29, 1.82) is 0 Å². The number of hydrogen-bond donors (Lipinski definition) is 1. The molecule has 0 saturated heterocycles. The Kier molecular flexibility index (Phi) is 5.69. The van der Waals surface area contributed by atoms with E-state index in [2.05, 4.69) is 5.32 Å². The highest BCUT2D eigenvalue weighted by molar-refractivity contribution is 6.21. The van der Waals surface area contributed by atoms with Gasteiger partial charge in [-0.3, -0.25) is 4.79 Å². The van der Waals surface area contributed by atoms with Crippen LogP contribution in [0, 0.1) is 5.41 Å². The molecule has 1 saturated carbocycles. The lowest BCUT2D eigenvalue weighted by atomic mass is 9.89. The summed E-state index contributed by atoms with van der Waals surface area (Å²) < 4.78 is 5.56. The molecule has 3 atom stereocenters. The summed E-state index contributed by atoms with van der Waals surface area (Å²) in [6.45, 7) is 5.59. The summed E-state index contributed by atoms with van der Waals surface area (Å²) in [7, 11) is 0. The van der Waals surface area contributed by atoms with Crippen molar-refractivity contribution in [2.45, 2.75) is 57.6 Å². The van der Waals surface area contributed by atoms with Gasteiger partial charge < -0.3 is 10.1 Å². The summed E-state index contributed by atoms with van der Waals surface area (Å²) in [6, 6.07) is 8.69. The van der Waals surface area contributed by atoms with E-state index >= 15 is 0 Å². The van der Waals surface area contributed by atoms with Gasteiger partial charge in [-0.15, -0.1) is 11.6 Å². The van der Waals surface area contributed by atoms with Gasteiger partial charge in [-0.05, 0) is 31.4 Å². The van der Waals surface area contributed by atoms with Crippen LogP contribution in [0.2, 0.25) is 0 Å². The normalized spacial score (nSPS) is 24.8. The number of rotatable bonds is 3. The van der Waals surface area contributed by atoms with Crippen LogP contribution in [-0.2, 0) is 9.53 Å². The van der Waals surface area contributed by atoms with Crippen LogP contribution >= 0.6 is 11.6 Å². The van der Waals surface area contributed by atoms with Gasteiger partial charge in [0.2, 0.25) is 5.91 Å². The van der Waals surface area contributed by atoms with Crippen LogP contribution in [0.15, 0.2) is 30.3 Å². The fraction of sp³-hybridized carbons (Fsp3) is 0.556. The van der Waals surface area contributed by atoms with Crippen LogP contribution in [-0.4, -0.2) is 29.4 Å². The first-order chi connectivity index (χ1) is 10.8. The largest absolute Gasteiger partial charge is 0.457 e. The Labute approximate surface area is 142 Å². The van der Waals surface area contributed by atoms with E-state index in [0.717, 1.165) is 12.8 Å². The topological polar surface area (TPSA) is 55.4 Å². The van der Waals surface area contributed by atoms with Gasteiger partial charge in [0.1, 0.15) is 6.10 Å². The molecule has 0 heterocycles. The summed E-state index contributed by atoms with van der Waals surface area (Å²) in [5, 5.41) is 2.58. The molecule has 126 valence electrons. The highest BCUT2D eigenvalue weighted by atomic mass is 35.5. The second kappa shape index (κ2) is 7.35. The predicted molar refractivity (Wildman–Crippen MR) is 90.5 cm³/mol. The van der Waals surface area contributed by atoms with E-state index < -0.39 is 10.8 Å². The maximum Gasteiger partial charge on any atom is 0.338 e. The van der Waals surface area contributed by atoms with E-state index in [0.29, 0.717) is 12.0 Å². The molecule has 1 aromatic rings.